The van der Waals surface area contributed by atoms with E-state index >= 15 is 0 Å². The molecule has 1 rings (SSSR count). The molecule has 0 N–H and O–H groups in total. The Labute approximate surface area is 104 Å². The lowest BCUT2D eigenvalue weighted by molar-refractivity contribution is -0.147. The summed E-state index contributed by atoms with van der Waals surface area (Å²) in [5.74, 6) is -0.318. The number of carbonyl (C=O) groups is 1. The molecule has 3 nitrogen and oxygen atoms in total. The van der Waals surface area contributed by atoms with Crippen molar-refractivity contribution in [2.45, 2.75) is 64.1 Å². The van der Waals surface area contributed by atoms with Crippen LogP contribution in [0.4, 0.5) is 0 Å². The molecule has 0 aliphatic heterocycles. The first kappa shape index (κ1) is 14.2. The van der Waals surface area contributed by atoms with Crippen molar-refractivity contribution < 1.29 is 14.3 Å². The van der Waals surface area contributed by atoms with Crippen molar-refractivity contribution in [3.63, 3.8) is 0 Å². The van der Waals surface area contributed by atoms with Gasteiger partial charge in [0.1, 0.15) is 6.10 Å². The van der Waals surface area contributed by atoms with Crippen molar-refractivity contribution in [1.29, 1.82) is 0 Å². The summed E-state index contributed by atoms with van der Waals surface area (Å²) in [6.45, 7) is 6.43. The van der Waals surface area contributed by atoms with E-state index in [1.54, 1.807) is 0 Å². The maximum absolute atomic E-state index is 11.1. The van der Waals surface area contributed by atoms with Crippen LogP contribution in [0.3, 0.4) is 0 Å². The van der Waals surface area contributed by atoms with Gasteiger partial charge < -0.3 is 9.47 Å². The number of hydrogen-bond acceptors (Lipinski definition) is 3. The standard InChI is InChI=1S/C14H24O3/c1-3-5-6-10-16-12-8-7-9-13(11-12)17-14(15)4-2/h4,12-13H,2-3,5-11H2,1H3. The molecule has 1 aliphatic rings. The SMILES string of the molecule is C=CC(=O)OC1CCCC(OCCCCC)C1. The van der Waals surface area contributed by atoms with E-state index in [4.69, 9.17) is 9.47 Å². The summed E-state index contributed by atoms with van der Waals surface area (Å²) in [6, 6.07) is 0. The zero-order valence-corrected chi connectivity index (χ0v) is 10.8. The molecule has 0 saturated heterocycles. The van der Waals surface area contributed by atoms with Gasteiger partial charge in [-0.05, 0) is 25.7 Å². The molecule has 2 unspecified atom stereocenters. The molecule has 0 bridgehead atoms. The van der Waals surface area contributed by atoms with Crippen LogP contribution >= 0.6 is 0 Å². The van der Waals surface area contributed by atoms with Crippen molar-refractivity contribution >= 4 is 5.97 Å². The number of rotatable bonds is 7. The number of unbranched alkanes of at least 4 members (excludes halogenated alkanes) is 2. The van der Waals surface area contributed by atoms with Gasteiger partial charge in [-0.15, -0.1) is 0 Å². The smallest absolute Gasteiger partial charge is 0.330 e. The normalized spacial score (nSPS) is 24.3. The van der Waals surface area contributed by atoms with E-state index in [1.165, 1.54) is 18.9 Å². The predicted octanol–water partition coefficient (Wildman–Crippen LogP) is 3.23. The molecule has 1 fully saturated rings. The first-order valence-corrected chi connectivity index (χ1v) is 6.71. The average Bonchev–Trinajstić information content (AvgIpc) is 2.35. The second-order valence-corrected chi connectivity index (χ2v) is 4.63. The maximum Gasteiger partial charge on any atom is 0.330 e. The topological polar surface area (TPSA) is 35.5 Å². The Morgan fingerprint density at radius 1 is 1.35 bits per heavy atom. The van der Waals surface area contributed by atoms with E-state index < -0.39 is 0 Å². The summed E-state index contributed by atoms with van der Waals surface area (Å²) in [6.07, 6.45) is 9.04. The quantitative estimate of drug-likeness (QED) is 0.389. The minimum atomic E-state index is -0.318. The lowest BCUT2D eigenvalue weighted by atomic mass is 9.95. The van der Waals surface area contributed by atoms with E-state index in [0.29, 0.717) is 0 Å². The molecule has 17 heavy (non-hydrogen) atoms. The van der Waals surface area contributed by atoms with Gasteiger partial charge in [0, 0.05) is 19.1 Å². The van der Waals surface area contributed by atoms with E-state index in [1.807, 2.05) is 0 Å². The molecule has 0 radical (unpaired) electrons. The zero-order valence-electron chi connectivity index (χ0n) is 10.8. The maximum atomic E-state index is 11.1. The van der Waals surface area contributed by atoms with Crippen molar-refractivity contribution in [3.05, 3.63) is 12.7 Å². The summed E-state index contributed by atoms with van der Waals surface area (Å²) in [4.78, 5) is 11.1. The number of hydrogen-bond donors (Lipinski definition) is 0. The van der Waals surface area contributed by atoms with E-state index in [-0.39, 0.29) is 18.2 Å². The Bertz CT molecular complexity index is 238. The molecule has 98 valence electrons. The minimum absolute atomic E-state index is 0.0189. The van der Waals surface area contributed by atoms with Crippen LogP contribution in [-0.2, 0) is 14.3 Å². The molecule has 0 aromatic carbocycles. The van der Waals surface area contributed by atoms with Gasteiger partial charge in [0.25, 0.3) is 0 Å². The molecule has 1 aliphatic carbocycles. The summed E-state index contributed by atoms with van der Waals surface area (Å²) in [5.41, 5.74) is 0. The molecular formula is C14H24O3. The molecule has 0 aromatic rings. The highest BCUT2D eigenvalue weighted by Gasteiger charge is 2.24. The van der Waals surface area contributed by atoms with Gasteiger partial charge >= 0.3 is 5.97 Å². The highest BCUT2D eigenvalue weighted by Crippen LogP contribution is 2.24. The second kappa shape index (κ2) is 8.29. The van der Waals surface area contributed by atoms with E-state index in [9.17, 15) is 4.79 Å². The fourth-order valence-corrected chi connectivity index (χ4v) is 2.17. The van der Waals surface area contributed by atoms with Gasteiger partial charge in [0.2, 0.25) is 0 Å². The van der Waals surface area contributed by atoms with Gasteiger partial charge in [0.05, 0.1) is 6.10 Å². The van der Waals surface area contributed by atoms with Gasteiger partial charge in [0.15, 0.2) is 0 Å². The Kier molecular flexibility index (Phi) is 6.94. The van der Waals surface area contributed by atoms with Crippen molar-refractivity contribution in [1.82, 2.24) is 0 Å². The molecule has 0 amide bonds. The fourth-order valence-electron chi connectivity index (χ4n) is 2.17. The molecule has 0 heterocycles. The van der Waals surface area contributed by atoms with Gasteiger partial charge in [-0.2, -0.15) is 0 Å². The van der Waals surface area contributed by atoms with E-state index in [0.717, 1.165) is 38.7 Å². The minimum Gasteiger partial charge on any atom is -0.459 e. The molecule has 3 heteroatoms. The van der Waals surface area contributed by atoms with Crippen molar-refractivity contribution in [2.75, 3.05) is 6.61 Å². The van der Waals surface area contributed by atoms with Gasteiger partial charge in [-0.1, -0.05) is 26.3 Å². The third kappa shape index (κ3) is 5.87. The predicted molar refractivity (Wildman–Crippen MR) is 67.8 cm³/mol. The first-order valence-electron chi connectivity index (χ1n) is 6.71. The van der Waals surface area contributed by atoms with Crippen molar-refractivity contribution in [2.24, 2.45) is 0 Å². The summed E-state index contributed by atoms with van der Waals surface area (Å²) >= 11 is 0. The van der Waals surface area contributed by atoms with Crippen LogP contribution in [0.5, 0.6) is 0 Å². The Morgan fingerprint density at radius 2 is 2.12 bits per heavy atom. The third-order valence-electron chi connectivity index (χ3n) is 3.13. The van der Waals surface area contributed by atoms with Crippen LogP contribution in [0, 0.1) is 0 Å². The Hall–Kier alpha value is -0.830. The summed E-state index contributed by atoms with van der Waals surface area (Å²) in [5, 5.41) is 0. The van der Waals surface area contributed by atoms with Crippen LogP contribution in [-0.4, -0.2) is 24.8 Å². The van der Waals surface area contributed by atoms with Crippen LogP contribution in [0.1, 0.15) is 51.9 Å². The van der Waals surface area contributed by atoms with Crippen LogP contribution in [0.2, 0.25) is 0 Å². The Morgan fingerprint density at radius 3 is 2.82 bits per heavy atom. The largest absolute Gasteiger partial charge is 0.459 e. The van der Waals surface area contributed by atoms with E-state index in [2.05, 4.69) is 13.5 Å². The lowest BCUT2D eigenvalue weighted by Crippen LogP contribution is -2.29. The molecule has 1 saturated carbocycles. The first-order chi connectivity index (χ1) is 8.26. The van der Waals surface area contributed by atoms with Crippen molar-refractivity contribution in [3.8, 4) is 0 Å². The monoisotopic (exact) mass is 240 g/mol. The summed E-state index contributed by atoms with van der Waals surface area (Å²) in [7, 11) is 0. The van der Waals surface area contributed by atoms with Crippen LogP contribution in [0.15, 0.2) is 12.7 Å². The van der Waals surface area contributed by atoms with Gasteiger partial charge in [-0.3, -0.25) is 0 Å². The van der Waals surface area contributed by atoms with Gasteiger partial charge in [-0.25, -0.2) is 4.79 Å². The van der Waals surface area contributed by atoms with Crippen LogP contribution < -0.4 is 0 Å². The number of ether oxygens (including phenoxy) is 2. The number of carbonyl (C=O) groups excluding carboxylic acids is 1. The second-order valence-electron chi connectivity index (χ2n) is 4.63. The molecule has 0 spiro atoms. The summed E-state index contributed by atoms with van der Waals surface area (Å²) < 4.78 is 11.1. The Balaban J connectivity index is 2.19. The average molecular weight is 240 g/mol. The van der Waals surface area contributed by atoms with Crippen LogP contribution in [0.25, 0.3) is 0 Å². The molecule has 0 aromatic heterocycles. The molecular weight excluding hydrogens is 216 g/mol. The zero-order chi connectivity index (χ0) is 12.5. The number of esters is 1. The fraction of sp³-hybridized carbons (Fsp3) is 0.786. The highest BCUT2D eigenvalue weighted by atomic mass is 16.5. The third-order valence-corrected chi connectivity index (χ3v) is 3.13. The lowest BCUT2D eigenvalue weighted by Gasteiger charge is -2.28. The molecule has 2 atom stereocenters. The highest BCUT2D eigenvalue weighted by molar-refractivity contribution is 5.81.